The third kappa shape index (κ3) is 6.07. The maximum atomic E-state index is 11.8. The summed E-state index contributed by atoms with van der Waals surface area (Å²) >= 11 is 0. The van der Waals surface area contributed by atoms with Crippen molar-refractivity contribution in [2.75, 3.05) is 13.2 Å². The molecule has 0 aliphatic carbocycles. The molecule has 0 spiro atoms. The summed E-state index contributed by atoms with van der Waals surface area (Å²) in [4.78, 5) is 22.2. The van der Waals surface area contributed by atoms with Gasteiger partial charge in [0.05, 0.1) is 18.1 Å². The fourth-order valence-electron chi connectivity index (χ4n) is 2.44. The van der Waals surface area contributed by atoms with Gasteiger partial charge in [-0.3, -0.25) is 10.1 Å². The maximum Gasteiger partial charge on any atom is 0.348 e. The molecular weight excluding hydrogens is 376 g/mol. The molecule has 2 aromatic rings. The summed E-state index contributed by atoms with van der Waals surface area (Å²) in [6.45, 7) is 4.14. The van der Waals surface area contributed by atoms with Gasteiger partial charge in [-0.05, 0) is 43.2 Å². The van der Waals surface area contributed by atoms with Crippen LogP contribution < -0.4 is 9.47 Å². The maximum absolute atomic E-state index is 11.8. The van der Waals surface area contributed by atoms with Crippen LogP contribution in [0.15, 0.2) is 48.0 Å². The van der Waals surface area contributed by atoms with Crippen LogP contribution in [0.25, 0.3) is 6.08 Å². The summed E-state index contributed by atoms with van der Waals surface area (Å²) in [5.74, 6) is 0.164. The first kappa shape index (κ1) is 21.4. The molecular formula is C21H20N2O6. The molecule has 0 atom stereocenters. The van der Waals surface area contributed by atoms with E-state index in [0.29, 0.717) is 29.2 Å². The van der Waals surface area contributed by atoms with E-state index in [2.05, 4.69) is 0 Å². The van der Waals surface area contributed by atoms with Gasteiger partial charge in [-0.1, -0.05) is 18.2 Å². The molecule has 2 rings (SSSR count). The van der Waals surface area contributed by atoms with Crippen LogP contribution in [0.4, 0.5) is 5.69 Å². The Hall–Kier alpha value is -3.86. The van der Waals surface area contributed by atoms with Crippen molar-refractivity contribution in [2.24, 2.45) is 0 Å². The first-order valence-corrected chi connectivity index (χ1v) is 8.90. The summed E-state index contributed by atoms with van der Waals surface area (Å²) in [5.41, 5.74) is 1.07. The molecule has 0 heterocycles. The number of ether oxygens (including phenoxy) is 3. The molecule has 0 amide bonds. The number of nitriles is 1. The summed E-state index contributed by atoms with van der Waals surface area (Å²) < 4.78 is 16.2. The number of esters is 1. The Balaban J connectivity index is 2.23. The normalized spacial score (nSPS) is 10.7. The van der Waals surface area contributed by atoms with Crippen molar-refractivity contribution in [3.8, 4) is 17.6 Å². The number of non-ortho nitro benzene ring substituents is 1. The minimum atomic E-state index is -0.695. The monoisotopic (exact) mass is 396 g/mol. The van der Waals surface area contributed by atoms with Gasteiger partial charge in [0.2, 0.25) is 0 Å². The summed E-state index contributed by atoms with van der Waals surface area (Å²) in [6.07, 6.45) is 1.41. The van der Waals surface area contributed by atoms with E-state index in [0.717, 1.165) is 0 Å². The number of carbonyl (C=O) groups is 1. The molecule has 0 N–H and O–H groups in total. The van der Waals surface area contributed by atoms with Crippen molar-refractivity contribution in [1.82, 2.24) is 0 Å². The Bertz CT molecular complexity index is 962. The van der Waals surface area contributed by atoms with E-state index in [1.165, 1.54) is 18.2 Å². The molecule has 0 radical (unpaired) electrons. The lowest BCUT2D eigenvalue weighted by Crippen LogP contribution is -2.06. The quantitative estimate of drug-likeness (QED) is 0.207. The average Bonchev–Trinajstić information content (AvgIpc) is 2.72. The highest BCUT2D eigenvalue weighted by molar-refractivity contribution is 5.97. The topological polar surface area (TPSA) is 112 Å². The Kier molecular flexibility index (Phi) is 7.74. The fraction of sp³-hybridized carbons (Fsp3) is 0.238. The van der Waals surface area contributed by atoms with E-state index in [1.54, 1.807) is 37.3 Å². The lowest BCUT2D eigenvalue weighted by atomic mass is 10.1. The van der Waals surface area contributed by atoms with Gasteiger partial charge in [-0.15, -0.1) is 0 Å². The van der Waals surface area contributed by atoms with Crippen LogP contribution in [0.3, 0.4) is 0 Å². The zero-order valence-corrected chi connectivity index (χ0v) is 16.1. The Morgan fingerprint density at radius 3 is 2.59 bits per heavy atom. The number of nitro benzene ring substituents is 1. The number of hydrogen-bond donors (Lipinski definition) is 0. The highest BCUT2D eigenvalue weighted by Crippen LogP contribution is 2.30. The van der Waals surface area contributed by atoms with Crippen molar-refractivity contribution in [3.05, 3.63) is 69.3 Å². The first-order chi connectivity index (χ1) is 14.0. The van der Waals surface area contributed by atoms with Crippen molar-refractivity contribution >= 4 is 17.7 Å². The van der Waals surface area contributed by atoms with Gasteiger partial charge in [0, 0.05) is 12.1 Å². The summed E-state index contributed by atoms with van der Waals surface area (Å²) in [5, 5.41) is 20.0. The highest BCUT2D eigenvalue weighted by atomic mass is 16.6. The highest BCUT2D eigenvalue weighted by Gasteiger charge is 2.12. The van der Waals surface area contributed by atoms with Crippen LogP contribution in [0, 0.1) is 21.4 Å². The van der Waals surface area contributed by atoms with Crippen molar-refractivity contribution in [3.63, 3.8) is 0 Å². The molecule has 0 bridgehead atoms. The Morgan fingerprint density at radius 2 is 1.93 bits per heavy atom. The molecule has 29 heavy (non-hydrogen) atoms. The van der Waals surface area contributed by atoms with E-state index < -0.39 is 10.9 Å². The van der Waals surface area contributed by atoms with Gasteiger partial charge < -0.3 is 14.2 Å². The zero-order chi connectivity index (χ0) is 21.2. The number of nitro groups is 1. The van der Waals surface area contributed by atoms with E-state index in [4.69, 9.17) is 19.5 Å². The van der Waals surface area contributed by atoms with Crippen molar-refractivity contribution in [1.29, 1.82) is 5.26 Å². The number of nitrogens with zero attached hydrogens (tertiary/aromatic N) is 2. The lowest BCUT2D eigenvalue weighted by Gasteiger charge is -2.13. The largest absolute Gasteiger partial charge is 0.490 e. The molecule has 0 unspecified atom stereocenters. The van der Waals surface area contributed by atoms with Crippen molar-refractivity contribution in [2.45, 2.75) is 20.5 Å². The Morgan fingerprint density at radius 1 is 1.14 bits per heavy atom. The van der Waals surface area contributed by atoms with E-state index >= 15 is 0 Å². The summed E-state index contributed by atoms with van der Waals surface area (Å²) in [7, 11) is 0. The molecule has 8 nitrogen and oxygen atoms in total. The molecule has 0 aromatic heterocycles. The molecule has 0 saturated carbocycles. The molecule has 0 aliphatic rings. The van der Waals surface area contributed by atoms with Crippen LogP contribution in [-0.4, -0.2) is 24.1 Å². The van der Waals surface area contributed by atoms with Gasteiger partial charge >= 0.3 is 5.97 Å². The number of hydrogen-bond acceptors (Lipinski definition) is 7. The molecule has 2 aromatic carbocycles. The number of carbonyl (C=O) groups excluding carboxylic acids is 1. The third-order valence-corrected chi connectivity index (χ3v) is 3.71. The predicted molar refractivity (Wildman–Crippen MR) is 105 cm³/mol. The lowest BCUT2D eigenvalue weighted by molar-refractivity contribution is -0.384. The zero-order valence-electron chi connectivity index (χ0n) is 16.1. The third-order valence-electron chi connectivity index (χ3n) is 3.71. The van der Waals surface area contributed by atoms with Gasteiger partial charge in [-0.2, -0.15) is 5.26 Å². The first-order valence-electron chi connectivity index (χ1n) is 8.90. The number of rotatable bonds is 9. The molecule has 0 aliphatic heterocycles. The fourth-order valence-corrected chi connectivity index (χ4v) is 2.44. The van der Waals surface area contributed by atoms with Crippen LogP contribution in [-0.2, 0) is 16.1 Å². The molecule has 150 valence electrons. The predicted octanol–water partition coefficient (Wildman–Crippen LogP) is 4.04. The molecule has 0 fully saturated rings. The second-order valence-electron chi connectivity index (χ2n) is 5.75. The van der Waals surface area contributed by atoms with E-state index in [1.807, 2.05) is 13.0 Å². The second kappa shape index (κ2) is 10.5. The molecule has 0 saturated heterocycles. The Labute approximate surface area is 168 Å². The number of benzene rings is 2. The SMILES string of the molecule is CCOC(=O)/C(C#N)=C\c1ccc(OCc2cccc([N+](=O)[O-])c2)c(OCC)c1. The average molecular weight is 396 g/mol. The summed E-state index contributed by atoms with van der Waals surface area (Å²) in [6, 6.07) is 12.9. The standard InChI is InChI=1S/C21H20N2O6/c1-3-27-20-12-15(10-17(13-22)21(24)28-4-2)8-9-19(20)29-14-16-6-5-7-18(11-16)23(25)26/h5-12H,3-4,14H2,1-2H3/b17-10-. The van der Waals surface area contributed by atoms with Gasteiger partial charge in [0.25, 0.3) is 5.69 Å². The van der Waals surface area contributed by atoms with Crippen LogP contribution >= 0.6 is 0 Å². The van der Waals surface area contributed by atoms with Crippen LogP contribution in [0.5, 0.6) is 11.5 Å². The van der Waals surface area contributed by atoms with Crippen LogP contribution in [0.1, 0.15) is 25.0 Å². The van der Waals surface area contributed by atoms with Gasteiger partial charge in [-0.25, -0.2) is 4.79 Å². The van der Waals surface area contributed by atoms with E-state index in [-0.39, 0.29) is 24.5 Å². The minimum Gasteiger partial charge on any atom is -0.490 e. The van der Waals surface area contributed by atoms with E-state index in [9.17, 15) is 14.9 Å². The minimum absolute atomic E-state index is 0.0142. The molecule has 8 heteroatoms. The van der Waals surface area contributed by atoms with Crippen molar-refractivity contribution < 1.29 is 23.9 Å². The smallest absolute Gasteiger partial charge is 0.348 e. The second-order valence-corrected chi connectivity index (χ2v) is 5.75. The van der Waals surface area contributed by atoms with Crippen LogP contribution in [0.2, 0.25) is 0 Å². The van der Waals surface area contributed by atoms with Gasteiger partial charge in [0.15, 0.2) is 11.5 Å². The van der Waals surface area contributed by atoms with Gasteiger partial charge in [0.1, 0.15) is 18.2 Å².